The Kier molecular flexibility index (Phi) is 2.93. The average molecular weight is 252 g/mol. The lowest BCUT2D eigenvalue weighted by Gasteiger charge is -2.06. The molecule has 0 spiro atoms. The maximum atomic E-state index is 6.01. The van der Waals surface area contributed by atoms with Gasteiger partial charge in [-0.05, 0) is 23.3 Å². The zero-order valence-corrected chi connectivity index (χ0v) is 10.6. The van der Waals surface area contributed by atoms with Gasteiger partial charge in [0.25, 0.3) is 0 Å². The SMILES string of the molecule is NCc1ccc2c(c1)nc(N)n2Cc1ccccc1. The summed E-state index contributed by atoms with van der Waals surface area (Å²) >= 11 is 0. The van der Waals surface area contributed by atoms with E-state index in [0.717, 1.165) is 23.1 Å². The second-order valence-corrected chi connectivity index (χ2v) is 4.57. The molecule has 0 unspecified atom stereocenters. The number of aromatic nitrogens is 2. The van der Waals surface area contributed by atoms with Crippen LogP contribution < -0.4 is 11.5 Å². The molecule has 0 aliphatic heterocycles. The molecule has 0 aliphatic carbocycles. The minimum Gasteiger partial charge on any atom is -0.369 e. The summed E-state index contributed by atoms with van der Waals surface area (Å²) in [4.78, 5) is 4.40. The van der Waals surface area contributed by atoms with Gasteiger partial charge in [0.15, 0.2) is 0 Å². The number of imidazole rings is 1. The topological polar surface area (TPSA) is 69.9 Å². The van der Waals surface area contributed by atoms with Gasteiger partial charge in [-0.1, -0.05) is 36.4 Å². The van der Waals surface area contributed by atoms with Gasteiger partial charge in [0.05, 0.1) is 17.6 Å². The molecule has 3 rings (SSSR count). The van der Waals surface area contributed by atoms with Gasteiger partial charge < -0.3 is 16.0 Å². The van der Waals surface area contributed by atoms with E-state index in [4.69, 9.17) is 11.5 Å². The van der Waals surface area contributed by atoms with E-state index in [9.17, 15) is 0 Å². The summed E-state index contributed by atoms with van der Waals surface area (Å²) in [6.45, 7) is 1.24. The van der Waals surface area contributed by atoms with Gasteiger partial charge in [-0.15, -0.1) is 0 Å². The molecule has 0 fully saturated rings. The maximum Gasteiger partial charge on any atom is 0.201 e. The highest BCUT2D eigenvalue weighted by Crippen LogP contribution is 2.20. The van der Waals surface area contributed by atoms with Crippen LogP contribution in [0, 0.1) is 0 Å². The van der Waals surface area contributed by atoms with Gasteiger partial charge in [-0.25, -0.2) is 4.98 Å². The number of benzene rings is 2. The Morgan fingerprint density at radius 1 is 1.00 bits per heavy atom. The second kappa shape index (κ2) is 4.74. The minimum absolute atomic E-state index is 0.515. The summed E-state index contributed by atoms with van der Waals surface area (Å²) in [5.74, 6) is 0.535. The molecule has 0 aliphatic rings. The molecule has 1 heterocycles. The van der Waals surface area contributed by atoms with E-state index in [1.54, 1.807) is 0 Å². The first-order valence-corrected chi connectivity index (χ1v) is 6.26. The van der Waals surface area contributed by atoms with Crippen LogP contribution in [0.4, 0.5) is 5.95 Å². The standard InChI is InChI=1S/C15H16N4/c16-9-12-6-7-14-13(8-12)18-15(17)19(14)10-11-4-2-1-3-5-11/h1-8H,9-10,16H2,(H2,17,18). The van der Waals surface area contributed by atoms with Crippen molar-refractivity contribution < 1.29 is 0 Å². The normalized spacial score (nSPS) is 11.0. The lowest BCUT2D eigenvalue weighted by atomic mass is 10.2. The molecule has 0 amide bonds. The predicted molar refractivity (Wildman–Crippen MR) is 77.6 cm³/mol. The maximum absolute atomic E-state index is 6.01. The fourth-order valence-corrected chi connectivity index (χ4v) is 2.25. The number of hydrogen-bond donors (Lipinski definition) is 2. The molecule has 0 radical (unpaired) electrons. The number of hydrogen-bond acceptors (Lipinski definition) is 3. The lowest BCUT2D eigenvalue weighted by Crippen LogP contribution is -2.04. The van der Waals surface area contributed by atoms with Gasteiger partial charge in [0.1, 0.15) is 0 Å². The van der Waals surface area contributed by atoms with Crippen molar-refractivity contribution in [3.05, 3.63) is 59.7 Å². The number of nitrogen functional groups attached to an aromatic ring is 1. The molecule has 0 saturated heterocycles. The Hall–Kier alpha value is -2.33. The van der Waals surface area contributed by atoms with Crippen molar-refractivity contribution in [3.63, 3.8) is 0 Å². The van der Waals surface area contributed by atoms with Crippen molar-refractivity contribution in [1.82, 2.24) is 9.55 Å². The van der Waals surface area contributed by atoms with E-state index in [1.165, 1.54) is 5.56 Å². The van der Waals surface area contributed by atoms with Crippen LogP contribution >= 0.6 is 0 Å². The first-order chi connectivity index (χ1) is 9.28. The summed E-state index contributed by atoms with van der Waals surface area (Å²) in [6.07, 6.45) is 0. The van der Waals surface area contributed by atoms with Crippen LogP contribution in [0.1, 0.15) is 11.1 Å². The van der Waals surface area contributed by atoms with Crippen LogP contribution in [0.25, 0.3) is 11.0 Å². The van der Waals surface area contributed by atoms with Gasteiger partial charge in [0.2, 0.25) is 5.95 Å². The van der Waals surface area contributed by atoms with Crippen LogP contribution in [-0.2, 0) is 13.1 Å². The molecule has 3 aromatic rings. The smallest absolute Gasteiger partial charge is 0.201 e. The highest BCUT2D eigenvalue weighted by molar-refractivity contribution is 5.79. The van der Waals surface area contributed by atoms with Gasteiger partial charge in [-0.3, -0.25) is 0 Å². The van der Waals surface area contributed by atoms with E-state index in [-0.39, 0.29) is 0 Å². The fraction of sp³-hybridized carbons (Fsp3) is 0.133. The Morgan fingerprint density at radius 2 is 1.79 bits per heavy atom. The fourth-order valence-electron chi connectivity index (χ4n) is 2.25. The Bertz CT molecular complexity index is 701. The van der Waals surface area contributed by atoms with Gasteiger partial charge >= 0.3 is 0 Å². The Morgan fingerprint density at radius 3 is 2.53 bits per heavy atom. The van der Waals surface area contributed by atoms with Crippen molar-refractivity contribution in [2.24, 2.45) is 5.73 Å². The highest BCUT2D eigenvalue weighted by Gasteiger charge is 2.08. The van der Waals surface area contributed by atoms with Gasteiger partial charge in [0, 0.05) is 6.54 Å². The summed E-state index contributed by atoms with van der Waals surface area (Å²) in [5, 5.41) is 0. The summed E-state index contributed by atoms with van der Waals surface area (Å²) in [5.41, 5.74) is 15.9. The van der Waals surface area contributed by atoms with E-state index >= 15 is 0 Å². The number of nitrogens with zero attached hydrogens (tertiary/aromatic N) is 2. The largest absolute Gasteiger partial charge is 0.369 e. The summed E-state index contributed by atoms with van der Waals surface area (Å²) < 4.78 is 2.02. The summed E-state index contributed by atoms with van der Waals surface area (Å²) in [7, 11) is 0. The number of anilines is 1. The van der Waals surface area contributed by atoms with Crippen LogP contribution in [-0.4, -0.2) is 9.55 Å². The molecule has 4 heteroatoms. The van der Waals surface area contributed by atoms with E-state index in [2.05, 4.69) is 17.1 Å². The number of rotatable bonds is 3. The number of nitrogens with two attached hydrogens (primary N) is 2. The first-order valence-electron chi connectivity index (χ1n) is 6.26. The summed E-state index contributed by atoms with van der Waals surface area (Å²) in [6, 6.07) is 16.3. The van der Waals surface area contributed by atoms with Crippen LogP contribution in [0.5, 0.6) is 0 Å². The predicted octanol–water partition coefficient (Wildman–Crippen LogP) is 2.13. The first kappa shape index (κ1) is 11.7. The van der Waals surface area contributed by atoms with E-state index < -0.39 is 0 Å². The van der Waals surface area contributed by atoms with Crippen LogP contribution in [0.2, 0.25) is 0 Å². The minimum atomic E-state index is 0.515. The molecule has 1 aromatic heterocycles. The van der Waals surface area contributed by atoms with Gasteiger partial charge in [-0.2, -0.15) is 0 Å². The molecule has 19 heavy (non-hydrogen) atoms. The molecule has 2 aromatic carbocycles. The van der Waals surface area contributed by atoms with Crippen molar-refractivity contribution in [2.45, 2.75) is 13.1 Å². The number of fused-ring (bicyclic) bond motifs is 1. The van der Waals surface area contributed by atoms with Crippen molar-refractivity contribution in [1.29, 1.82) is 0 Å². The Balaban J connectivity index is 2.06. The van der Waals surface area contributed by atoms with E-state index in [1.807, 2.05) is 41.0 Å². The molecular weight excluding hydrogens is 236 g/mol. The molecule has 4 nitrogen and oxygen atoms in total. The average Bonchev–Trinajstić information content (AvgIpc) is 2.75. The molecular formula is C15H16N4. The third-order valence-electron chi connectivity index (χ3n) is 3.26. The third kappa shape index (κ3) is 2.18. The Labute approximate surface area is 111 Å². The highest BCUT2D eigenvalue weighted by atomic mass is 15.1. The molecule has 0 atom stereocenters. The monoisotopic (exact) mass is 252 g/mol. The quantitative estimate of drug-likeness (QED) is 0.750. The molecule has 0 bridgehead atoms. The van der Waals surface area contributed by atoms with Crippen molar-refractivity contribution in [3.8, 4) is 0 Å². The van der Waals surface area contributed by atoms with Crippen molar-refractivity contribution >= 4 is 17.0 Å². The molecule has 4 N–H and O–H groups in total. The molecule has 0 saturated carbocycles. The van der Waals surface area contributed by atoms with Crippen LogP contribution in [0.3, 0.4) is 0 Å². The van der Waals surface area contributed by atoms with Crippen molar-refractivity contribution in [2.75, 3.05) is 5.73 Å². The van der Waals surface area contributed by atoms with E-state index in [0.29, 0.717) is 12.5 Å². The van der Waals surface area contributed by atoms with Crippen LogP contribution in [0.15, 0.2) is 48.5 Å². The zero-order valence-electron chi connectivity index (χ0n) is 10.6. The lowest BCUT2D eigenvalue weighted by molar-refractivity contribution is 0.838. The zero-order chi connectivity index (χ0) is 13.2. The second-order valence-electron chi connectivity index (χ2n) is 4.57. The third-order valence-corrected chi connectivity index (χ3v) is 3.26. The molecule has 96 valence electrons.